The highest BCUT2D eigenvalue weighted by Gasteiger charge is 2.62. The van der Waals surface area contributed by atoms with Crippen LogP contribution in [-0.2, 0) is 0 Å². The Morgan fingerprint density at radius 2 is 2.09 bits per heavy atom. The Bertz CT molecular complexity index is 193. The first-order valence-corrected chi connectivity index (χ1v) is 4.95. The minimum Gasteiger partial charge on any atom is -0.300 e. The fourth-order valence-corrected chi connectivity index (χ4v) is 3.62. The van der Waals surface area contributed by atoms with Crippen molar-refractivity contribution >= 4 is 0 Å². The molecule has 62 valence electrons. The third-order valence-corrected chi connectivity index (χ3v) is 4.65. The van der Waals surface area contributed by atoms with Gasteiger partial charge in [0.05, 0.1) is 0 Å². The van der Waals surface area contributed by atoms with E-state index >= 15 is 0 Å². The van der Waals surface area contributed by atoms with Crippen molar-refractivity contribution in [2.24, 2.45) is 11.3 Å². The fourth-order valence-electron chi connectivity index (χ4n) is 3.62. The minimum atomic E-state index is 0.872. The van der Waals surface area contributed by atoms with E-state index in [0.29, 0.717) is 0 Å². The monoisotopic (exact) mass is 151 g/mol. The normalized spacial score (nSPS) is 52.4. The summed E-state index contributed by atoms with van der Waals surface area (Å²) in [6.07, 6.45) is 6.13. The summed E-state index contributed by atoms with van der Waals surface area (Å²) in [7, 11) is 2.31. The molecule has 1 unspecified atom stereocenters. The lowest BCUT2D eigenvalue weighted by Gasteiger charge is -2.34. The molecule has 1 spiro atoms. The molecule has 3 fully saturated rings. The summed E-state index contributed by atoms with van der Waals surface area (Å²) in [4.78, 5) is 2.61. The van der Waals surface area contributed by atoms with Gasteiger partial charge >= 0.3 is 0 Å². The number of hydrogen-bond acceptors (Lipinski definition) is 1. The number of piperidine rings is 1. The lowest BCUT2D eigenvalue weighted by Crippen LogP contribution is -2.39. The van der Waals surface area contributed by atoms with Gasteiger partial charge in [-0.15, -0.1) is 0 Å². The van der Waals surface area contributed by atoms with Crippen LogP contribution in [0.1, 0.15) is 32.6 Å². The van der Waals surface area contributed by atoms with Crippen molar-refractivity contribution in [2.45, 2.75) is 44.7 Å². The second-order valence-electron chi connectivity index (χ2n) is 4.97. The Morgan fingerprint density at radius 1 is 1.36 bits per heavy atom. The second kappa shape index (κ2) is 1.66. The molecule has 0 aromatic rings. The van der Waals surface area contributed by atoms with Gasteiger partial charge in [-0.2, -0.15) is 0 Å². The van der Waals surface area contributed by atoms with Crippen molar-refractivity contribution < 1.29 is 0 Å². The molecule has 2 aliphatic carbocycles. The maximum atomic E-state index is 2.61. The number of nitrogens with zero attached hydrogens (tertiary/aromatic N) is 1. The van der Waals surface area contributed by atoms with E-state index in [0.717, 1.165) is 23.4 Å². The molecule has 0 N–H and O–H groups in total. The largest absolute Gasteiger partial charge is 0.300 e. The third kappa shape index (κ3) is 0.618. The molecular formula is C10H17N. The van der Waals surface area contributed by atoms with Crippen LogP contribution in [0, 0.1) is 11.3 Å². The molecule has 1 saturated heterocycles. The van der Waals surface area contributed by atoms with Crippen LogP contribution in [0.3, 0.4) is 0 Å². The molecule has 3 aliphatic rings. The van der Waals surface area contributed by atoms with Crippen molar-refractivity contribution in [2.75, 3.05) is 7.05 Å². The highest BCUT2D eigenvalue weighted by molar-refractivity contribution is 5.14. The predicted octanol–water partition coefficient (Wildman–Crippen LogP) is 1.88. The van der Waals surface area contributed by atoms with Crippen molar-refractivity contribution in [1.29, 1.82) is 0 Å². The summed E-state index contributed by atoms with van der Waals surface area (Å²) in [5, 5.41) is 0. The van der Waals surface area contributed by atoms with E-state index in [1.165, 1.54) is 12.8 Å². The lowest BCUT2D eigenvalue weighted by molar-refractivity contribution is 0.132. The number of likely N-dealkylation sites (tertiary alicyclic amines) is 1. The summed E-state index contributed by atoms with van der Waals surface area (Å²) < 4.78 is 0. The number of fused-ring (bicyclic) bond motifs is 3. The first kappa shape index (κ1) is 6.47. The van der Waals surface area contributed by atoms with Gasteiger partial charge in [0.1, 0.15) is 0 Å². The van der Waals surface area contributed by atoms with Crippen LogP contribution < -0.4 is 0 Å². The average Bonchev–Trinajstić information content (AvgIpc) is 2.53. The molecule has 2 saturated carbocycles. The highest BCUT2D eigenvalue weighted by Crippen LogP contribution is 2.66. The Morgan fingerprint density at radius 3 is 2.55 bits per heavy atom. The first-order valence-electron chi connectivity index (χ1n) is 4.95. The van der Waals surface area contributed by atoms with E-state index in [2.05, 4.69) is 18.9 Å². The maximum Gasteiger partial charge on any atom is 0.0104 e. The molecule has 1 nitrogen and oxygen atoms in total. The molecular weight excluding hydrogens is 134 g/mol. The van der Waals surface area contributed by atoms with Crippen LogP contribution in [0.15, 0.2) is 0 Å². The smallest absolute Gasteiger partial charge is 0.0104 e. The third-order valence-electron chi connectivity index (χ3n) is 4.65. The van der Waals surface area contributed by atoms with Gasteiger partial charge in [-0.05, 0) is 51.0 Å². The molecule has 2 bridgehead atoms. The maximum absolute atomic E-state index is 2.61. The van der Waals surface area contributed by atoms with Gasteiger partial charge < -0.3 is 4.90 Å². The summed E-state index contributed by atoms with van der Waals surface area (Å²) in [5.74, 6) is 1.07. The van der Waals surface area contributed by atoms with Crippen LogP contribution in [-0.4, -0.2) is 24.0 Å². The van der Waals surface area contributed by atoms with Crippen molar-refractivity contribution in [3.8, 4) is 0 Å². The summed E-state index contributed by atoms with van der Waals surface area (Å²) in [6, 6.07) is 1.84. The SMILES string of the molecule is CC1[C@@H]2C[C@@H](CC23CC3)N1C. The first-order chi connectivity index (χ1) is 5.23. The van der Waals surface area contributed by atoms with Gasteiger partial charge in [0.25, 0.3) is 0 Å². The molecule has 1 heterocycles. The number of rotatable bonds is 0. The Labute approximate surface area is 68.8 Å². The van der Waals surface area contributed by atoms with Crippen LogP contribution in [0.5, 0.6) is 0 Å². The van der Waals surface area contributed by atoms with E-state index in [4.69, 9.17) is 0 Å². The van der Waals surface area contributed by atoms with E-state index in [1.54, 1.807) is 12.8 Å². The van der Waals surface area contributed by atoms with Gasteiger partial charge in [0, 0.05) is 12.1 Å². The Hall–Kier alpha value is -0.0400. The predicted molar refractivity (Wildman–Crippen MR) is 45.4 cm³/mol. The van der Waals surface area contributed by atoms with Crippen molar-refractivity contribution in [3.63, 3.8) is 0 Å². The van der Waals surface area contributed by atoms with Gasteiger partial charge in [-0.1, -0.05) is 0 Å². The summed E-state index contributed by atoms with van der Waals surface area (Å²) in [5.41, 5.74) is 0.872. The zero-order valence-electron chi connectivity index (χ0n) is 7.51. The van der Waals surface area contributed by atoms with Crippen molar-refractivity contribution in [3.05, 3.63) is 0 Å². The fraction of sp³-hybridized carbons (Fsp3) is 1.00. The molecule has 0 amide bonds. The lowest BCUT2D eigenvalue weighted by atomic mass is 9.86. The highest BCUT2D eigenvalue weighted by atomic mass is 15.2. The van der Waals surface area contributed by atoms with E-state index < -0.39 is 0 Å². The quantitative estimate of drug-likeness (QED) is 0.511. The van der Waals surface area contributed by atoms with Gasteiger partial charge in [-0.25, -0.2) is 0 Å². The Balaban J connectivity index is 1.93. The average molecular weight is 151 g/mol. The summed E-state index contributed by atoms with van der Waals surface area (Å²) >= 11 is 0. The molecule has 3 atom stereocenters. The molecule has 3 rings (SSSR count). The molecule has 0 aromatic heterocycles. The number of hydrogen-bond donors (Lipinski definition) is 0. The van der Waals surface area contributed by atoms with E-state index in [-0.39, 0.29) is 0 Å². The standard InChI is InChI=1S/C10H17N/c1-7-9-5-8(11(7)2)6-10(9)3-4-10/h7-9H,3-6H2,1-2H3/t7?,8-,9-/m0/s1. The Kier molecular flexibility index (Phi) is 0.976. The molecule has 0 aromatic carbocycles. The van der Waals surface area contributed by atoms with Crippen LogP contribution in [0.25, 0.3) is 0 Å². The second-order valence-corrected chi connectivity index (χ2v) is 4.97. The van der Waals surface area contributed by atoms with E-state index in [1.807, 2.05) is 0 Å². The molecule has 1 aliphatic heterocycles. The molecule has 11 heavy (non-hydrogen) atoms. The van der Waals surface area contributed by atoms with Crippen molar-refractivity contribution in [1.82, 2.24) is 4.90 Å². The summed E-state index contributed by atoms with van der Waals surface area (Å²) in [6.45, 7) is 2.42. The van der Waals surface area contributed by atoms with Crippen LogP contribution in [0.4, 0.5) is 0 Å². The molecule has 0 radical (unpaired) electrons. The van der Waals surface area contributed by atoms with E-state index in [9.17, 15) is 0 Å². The van der Waals surface area contributed by atoms with Crippen LogP contribution in [0.2, 0.25) is 0 Å². The zero-order chi connectivity index (χ0) is 7.64. The minimum absolute atomic E-state index is 0.872. The van der Waals surface area contributed by atoms with Gasteiger partial charge in [0.15, 0.2) is 0 Å². The van der Waals surface area contributed by atoms with Gasteiger partial charge in [-0.3, -0.25) is 0 Å². The topological polar surface area (TPSA) is 3.24 Å². The zero-order valence-corrected chi connectivity index (χ0v) is 7.51. The molecule has 1 heteroatoms. The van der Waals surface area contributed by atoms with Gasteiger partial charge in [0.2, 0.25) is 0 Å². The van der Waals surface area contributed by atoms with Crippen LogP contribution >= 0.6 is 0 Å².